The summed E-state index contributed by atoms with van der Waals surface area (Å²) < 4.78 is 24.7. The Morgan fingerprint density at radius 2 is 1.92 bits per heavy atom. The Morgan fingerprint density at radius 1 is 1.17 bits per heavy atom. The predicted molar refractivity (Wildman–Crippen MR) is 94.2 cm³/mol. The summed E-state index contributed by atoms with van der Waals surface area (Å²) in [5.41, 5.74) is 2.41. The van der Waals surface area contributed by atoms with Crippen LogP contribution in [0.15, 0.2) is 48.3 Å². The van der Waals surface area contributed by atoms with Gasteiger partial charge in [0.2, 0.25) is 0 Å². The van der Waals surface area contributed by atoms with E-state index in [1.54, 1.807) is 6.08 Å². The number of hydrogen-bond donors (Lipinski definition) is 0. The zero-order chi connectivity index (χ0) is 16.8. The molecule has 24 heavy (non-hydrogen) atoms. The molecular formula is C21H27FO2. The zero-order valence-corrected chi connectivity index (χ0v) is 14.4. The summed E-state index contributed by atoms with van der Waals surface area (Å²) in [6, 6.07) is 8.55. The third kappa shape index (κ3) is 4.78. The lowest BCUT2D eigenvalue weighted by atomic mass is 9.88. The van der Waals surface area contributed by atoms with E-state index >= 15 is 0 Å². The molecular weight excluding hydrogens is 303 g/mol. The highest BCUT2D eigenvalue weighted by atomic mass is 19.1. The highest BCUT2D eigenvalue weighted by molar-refractivity contribution is 5.24. The largest absolute Gasteiger partial charge is 0.348 e. The second kappa shape index (κ2) is 8.59. The first-order valence-electron chi connectivity index (χ1n) is 9.04. The molecule has 1 heterocycles. The first-order chi connectivity index (χ1) is 11.7. The van der Waals surface area contributed by atoms with Gasteiger partial charge in [0.25, 0.3) is 0 Å². The number of rotatable bonds is 5. The van der Waals surface area contributed by atoms with Gasteiger partial charge in [-0.15, -0.1) is 0 Å². The van der Waals surface area contributed by atoms with Crippen molar-refractivity contribution in [1.29, 1.82) is 0 Å². The predicted octanol–water partition coefficient (Wildman–Crippen LogP) is 5.51. The summed E-state index contributed by atoms with van der Waals surface area (Å²) >= 11 is 0. The van der Waals surface area contributed by atoms with Crippen molar-refractivity contribution >= 4 is 0 Å². The molecule has 0 N–H and O–H groups in total. The molecule has 1 unspecified atom stereocenters. The fraction of sp³-hybridized carbons (Fsp3) is 0.524. The van der Waals surface area contributed by atoms with Gasteiger partial charge < -0.3 is 9.47 Å². The van der Waals surface area contributed by atoms with Gasteiger partial charge in [-0.1, -0.05) is 42.5 Å². The molecule has 3 rings (SSSR count). The van der Waals surface area contributed by atoms with Crippen LogP contribution in [0, 0.1) is 11.8 Å². The quantitative estimate of drug-likeness (QED) is 0.663. The average Bonchev–Trinajstić information content (AvgIpc) is 2.63. The van der Waals surface area contributed by atoms with Crippen molar-refractivity contribution in [2.75, 3.05) is 13.2 Å². The standard InChI is InChI=1S/C21H27FO2/c1-2-3-18-14-23-21(24-15-18)19-10-6-16(7-11-19)4-5-17-8-12-20(22)13-9-17/h2-3,6-7,10-12,17-18,21H,4-5,8-9,13-15H2,1H3/b3-2+/t17?,18-,21-. The van der Waals surface area contributed by atoms with E-state index in [1.807, 2.05) is 13.0 Å². The summed E-state index contributed by atoms with van der Waals surface area (Å²) in [6.07, 6.45) is 10.4. The van der Waals surface area contributed by atoms with Crippen molar-refractivity contribution in [1.82, 2.24) is 0 Å². The van der Waals surface area contributed by atoms with Gasteiger partial charge in [0.1, 0.15) is 0 Å². The topological polar surface area (TPSA) is 18.5 Å². The Morgan fingerprint density at radius 3 is 2.54 bits per heavy atom. The van der Waals surface area contributed by atoms with Gasteiger partial charge in [-0.2, -0.15) is 0 Å². The fourth-order valence-corrected chi connectivity index (χ4v) is 3.42. The van der Waals surface area contributed by atoms with Crippen molar-refractivity contribution in [2.24, 2.45) is 11.8 Å². The van der Waals surface area contributed by atoms with Gasteiger partial charge in [-0.25, -0.2) is 4.39 Å². The molecule has 0 spiro atoms. The Bertz CT molecular complexity index is 568. The van der Waals surface area contributed by atoms with E-state index in [2.05, 4.69) is 30.3 Å². The van der Waals surface area contributed by atoms with Crippen LogP contribution in [0.3, 0.4) is 0 Å². The molecule has 1 aromatic carbocycles. The van der Waals surface area contributed by atoms with Crippen LogP contribution in [-0.2, 0) is 15.9 Å². The highest BCUT2D eigenvalue weighted by Crippen LogP contribution is 2.29. The fourth-order valence-electron chi connectivity index (χ4n) is 3.42. The molecule has 1 aliphatic carbocycles. The van der Waals surface area contributed by atoms with E-state index in [1.165, 1.54) is 5.56 Å². The van der Waals surface area contributed by atoms with Crippen molar-refractivity contribution in [3.05, 3.63) is 59.4 Å². The lowest BCUT2D eigenvalue weighted by Gasteiger charge is -2.28. The van der Waals surface area contributed by atoms with Gasteiger partial charge >= 0.3 is 0 Å². The van der Waals surface area contributed by atoms with Crippen LogP contribution < -0.4 is 0 Å². The molecule has 2 nitrogen and oxygen atoms in total. The van der Waals surface area contributed by atoms with E-state index in [-0.39, 0.29) is 12.1 Å². The maximum absolute atomic E-state index is 13.0. The van der Waals surface area contributed by atoms with Crippen LogP contribution >= 0.6 is 0 Å². The van der Waals surface area contributed by atoms with E-state index < -0.39 is 0 Å². The van der Waals surface area contributed by atoms with Gasteiger partial charge in [0, 0.05) is 11.5 Å². The van der Waals surface area contributed by atoms with E-state index in [9.17, 15) is 4.39 Å². The molecule has 1 atom stereocenters. The van der Waals surface area contributed by atoms with E-state index in [0.29, 0.717) is 31.5 Å². The SMILES string of the molecule is C/C=C/[C@H]1CO[C@H](c2ccc(CCC3CC=C(F)CC3)cc2)OC1. The molecule has 0 bridgehead atoms. The molecule has 0 aromatic heterocycles. The number of aryl methyl sites for hydroxylation is 1. The minimum atomic E-state index is -0.244. The molecule has 3 heteroatoms. The number of halogens is 1. The third-order valence-electron chi connectivity index (χ3n) is 4.95. The van der Waals surface area contributed by atoms with Gasteiger partial charge in [-0.3, -0.25) is 0 Å². The van der Waals surface area contributed by atoms with Crippen LogP contribution in [0.2, 0.25) is 0 Å². The van der Waals surface area contributed by atoms with Crippen LogP contribution in [0.5, 0.6) is 0 Å². The molecule has 2 aliphatic rings. The van der Waals surface area contributed by atoms with Crippen molar-refractivity contribution < 1.29 is 13.9 Å². The average molecular weight is 330 g/mol. The summed E-state index contributed by atoms with van der Waals surface area (Å²) in [5, 5.41) is 0. The van der Waals surface area contributed by atoms with Crippen LogP contribution in [0.4, 0.5) is 4.39 Å². The Labute approximate surface area is 144 Å². The molecule has 1 fully saturated rings. The molecule has 0 amide bonds. The number of allylic oxidation sites excluding steroid dienone is 3. The van der Waals surface area contributed by atoms with Crippen molar-refractivity contribution in [3.63, 3.8) is 0 Å². The molecule has 1 aromatic rings. The smallest absolute Gasteiger partial charge is 0.183 e. The molecule has 1 aliphatic heterocycles. The van der Waals surface area contributed by atoms with Gasteiger partial charge in [0.15, 0.2) is 6.29 Å². The zero-order valence-electron chi connectivity index (χ0n) is 14.4. The number of benzene rings is 1. The monoisotopic (exact) mass is 330 g/mol. The minimum Gasteiger partial charge on any atom is -0.348 e. The lowest BCUT2D eigenvalue weighted by molar-refractivity contribution is -0.197. The van der Waals surface area contributed by atoms with E-state index in [4.69, 9.17) is 9.47 Å². The Hall–Kier alpha value is -1.45. The third-order valence-corrected chi connectivity index (χ3v) is 4.95. The first-order valence-corrected chi connectivity index (χ1v) is 9.04. The molecule has 0 radical (unpaired) electrons. The minimum absolute atomic E-state index is 0.0692. The summed E-state index contributed by atoms with van der Waals surface area (Å²) in [6.45, 7) is 3.44. The summed E-state index contributed by atoms with van der Waals surface area (Å²) in [4.78, 5) is 0. The van der Waals surface area contributed by atoms with Crippen molar-refractivity contribution in [3.8, 4) is 0 Å². The molecule has 1 saturated heterocycles. The maximum Gasteiger partial charge on any atom is 0.183 e. The first kappa shape index (κ1) is 17.4. The van der Waals surface area contributed by atoms with Gasteiger partial charge in [0.05, 0.1) is 19.0 Å². The lowest BCUT2D eigenvalue weighted by Crippen LogP contribution is -2.25. The summed E-state index contributed by atoms with van der Waals surface area (Å²) in [7, 11) is 0. The van der Waals surface area contributed by atoms with Gasteiger partial charge in [-0.05, 0) is 50.5 Å². The molecule has 130 valence electrons. The van der Waals surface area contributed by atoms with Crippen LogP contribution in [0.1, 0.15) is 50.0 Å². The maximum atomic E-state index is 13.0. The Kier molecular flexibility index (Phi) is 6.22. The number of ether oxygens (including phenoxy) is 2. The van der Waals surface area contributed by atoms with Crippen LogP contribution in [0.25, 0.3) is 0 Å². The van der Waals surface area contributed by atoms with Crippen molar-refractivity contribution in [2.45, 2.75) is 45.3 Å². The Balaban J connectivity index is 1.47. The number of hydrogen-bond acceptors (Lipinski definition) is 2. The van der Waals surface area contributed by atoms with E-state index in [0.717, 1.165) is 31.2 Å². The second-order valence-electron chi connectivity index (χ2n) is 6.86. The second-order valence-corrected chi connectivity index (χ2v) is 6.86. The highest BCUT2D eigenvalue weighted by Gasteiger charge is 2.22. The summed E-state index contributed by atoms with van der Waals surface area (Å²) in [5.74, 6) is 1.05. The molecule has 0 saturated carbocycles. The normalized spacial score (nSPS) is 28.1. The van der Waals surface area contributed by atoms with Crippen LogP contribution in [-0.4, -0.2) is 13.2 Å².